The molecule has 1 saturated heterocycles. The molecule has 0 bridgehead atoms. The van der Waals surface area contributed by atoms with E-state index in [1.165, 1.54) is 19.0 Å². The van der Waals surface area contributed by atoms with Crippen molar-refractivity contribution in [3.8, 4) is 5.88 Å². The van der Waals surface area contributed by atoms with Gasteiger partial charge in [-0.05, 0) is 31.9 Å². The third-order valence-corrected chi connectivity index (χ3v) is 3.79. The van der Waals surface area contributed by atoms with Gasteiger partial charge in [0, 0.05) is 31.5 Å². The lowest BCUT2D eigenvalue weighted by Gasteiger charge is -2.17. The van der Waals surface area contributed by atoms with Gasteiger partial charge in [0.15, 0.2) is 0 Å². The molecular formula is C17H21N5O2. The first kappa shape index (κ1) is 16.2. The first-order chi connectivity index (χ1) is 11.7. The average Bonchev–Trinajstić information content (AvgIpc) is 3.13. The summed E-state index contributed by atoms with van der Waals surface area (Å²) in [4.78, 5) is 26.8. The van der Waals surface area contributed by atoms with Crippen molar-refractivity contribution in [1.82, 2.24) is 20.3 Å². The standard InChI is InChI=1S/C17H21N5O2/c1-13-20-15(22-8-2-3-9-22)11-16(21-13)24-10-7-19-17(23)14-5-4-6-18-12-14/h4-6,11-12H,2-3,7-10H2,1H3,(H,19,23). The number of pyridine rings is 1. The van der Waals surface area contributed by atoms with Gasteiger partial charge >= 0.3 is 0 Å². The van der Waals surface area contributed by atoms with Crippen LogP contribution in [0.4, 0.5) is 5.82 Å². The molecule has 0 saturated carbocycles. The van der Waals surface area contributed by atoms with E-state index in [0.717, 1.165) is 18.9 Å². The predicted molar refractivity (Wildman–Crippen MR) is 90.3 cm³/mol. The van der Waals surface area contributed by atoms with Crippen molar-refractivity contribution in [2.24, 2.45) is 0 Å². The van der Waals surface area contributed by atoms with Gasteiger partial charge in [0.1, 0.15) is 18.2 Å². The minimum Gasteiger partial charge on any atom is -0.476 e. The van der Waals surface area contributed by atoms with E-state index in [0.29, 0.717) is 30.4 Å². The molecule has 0 atom stereocenters. The second kappa shape index (κ2) is 7.72. The fourth-order valence-electron chi connectivity index (χ4n) is 2.63. The molecular weight excluding hydrogens is 306 g/mol. The number of hydrogen-bond acceptors (Lipinski definition) is 6. The molecule has 1 aliphatic rings. The quantitative estimate of drug-likeness (QED) is 0.812. The fourth-order valence-corrected chi connectivity index (χ4v) is 2.63. The average molecular weight is 327 g/mol. The number of carbonyl (C=O) groups is 1. The minimum atomic E-state index is -0.164. The van der Waals surface area contributed by atoms with E-state index in [1.807, 2.05) is 13.0 Å². The van der Waals surface area contributed by atoms with Gasteiger partial charge in [-0.15, -0.1) is 0 Å². The highest BCUT2D eigenvalue weighted by atomic mass is 16.5. The summed E-state index contributed by atoms with van der Waals surface area (Å²) in [6.45, 7) is 4.66. The van der Waals surface area contributed by atoms with Gasteiger partial charge in [-0.2, -0.15) is 4.98 Å². The van der Waals surface area contributed by atoms with E-state index >= 15 is 0 Å². The molecule has 1 fully saturated rings. The Labute approximate surface area is 141 Å². The molecule has 3 heterocycles. The molecule has 1 aliphatic heterocycles. The van der Waals surface area contributed by atoms with Crippen LogP contribution in [0.25, 0.3) is 0 Å². The van der Waals surface area contributed by atoms with Crippen LogP contribution in [-0.4, -0.2) is 47.1 Å². The molecule has 1 amide bonds. The Morgan fingerprint density at radius 2 is 2.17 bits per heavy atom. The van der Waals surface area contributed by atoms with Gasteiger partial charge < -0.3 is 15.0 Å². The molecule has 2 aromatic heterocycles. The van der Waals surface area contributed by atoms with Crippen molar-refractivity contribution in [2.45, 2.75) is 19.8 Å². The van der Waals surface area contributed by atoms with Crippen LogP contribution in [-0.2, 0) is 0 Å². The third-order valence-electron chi connectivity index (χ3n) is 3.79. The zero-order valence-electron chi connectivity index (χ0n) is 13.7. The van der Waals surface area contributed by atoms with Crippen molar-refractivity contribution >= 4 is 11.7 Å². The molecule has 1 N–H and O–H groups in total. The van der Waals surface area contributed by atoms with E-state index in [4.69, 9.17) is 4.74 Å². The Hall–Kier alpha value is -2.70. The Morgan fingerprint density at radius 1 is 1.33 bits per heavy atom. The normalized spacial score (nSPS) is 13.8. The number of nitrogens with one attached hydrogen (secondary N) is 1. The number of nitrogens with zero attached hydrogens (tertiary/aromatic N) is 4. The maximum absolute atomic E-state index is 11.9. The zero-order valence-corrected chi connectivity index (χ0v) is 13.7. The summed E-state index contributed by atoms with van der Waals surface area (Å²) in [5.74, 6) is 1.98. The number of carbonyl (C=O) groups excluding carboxylic acids is 1. The summed E-state index contributed by atoms with van der Waals surface area (Å²) in [5, 5.41) is 2.80. The van der Waals surface area contributed by atoms with E-state index in [1.54, 1.807) is 18.3 Å². The molecule has 24 heavy (non-hydrogen) atoms. The minimum absolute atomic E-state index is 0.164. The SMILES string of the molecule is Cc1nc(OCCNC(=O)c2cccnc2)cc(N2CCCC2)n1. The maximum Gasteiger partial charge on any atom is 0.252 e. The van der Waals surface area contributed by atoms with Gasteiger partial charge in [-0.3, -0.25) is 9.78 Å². The molecule has 7 heteroatoms. The summed E-state index contributed by atoms with van der Waals surface area (Å²) in [6, 6.07) is 5.31. The van der Waals surface area contributed by atoms with Gasteiger partial charge in [0.2, 0.25) is 5.88 Å². The van der Waals surface area contributed by atoms with Gasteiger partial charge in [0.25, 0.3) is 5.91 Å². The fraction of sp³-hybridized carbons (Fsp3) is 0.412. The van der Waals surface area contributed by atoms with E-state index in [2.05, 4.69) is 25.2 Å². The van der Waals surface area contributed by atoms with Crippen molar-refractivity contribution in [3.05, 3.63) is 42.0 Å². The molecule has 7 nitrogen and oxygen atoms in total. The molecule has 0 aromatic carbocycles. The van der Waals surface area contributed by atoms with Crippen LogP contribution in [0.15, 0.2) is 30.6 Å². The van der Waals surface area contributed by atoms with Gasteiger partial charge in [0.05, 0.1) is 12.1 Å². The summed E-state index contributed by atoms with van der Waals surface area (Å²) < 4.78 is 5.67. The number of rotatable bonds is 6. The first-order valence-electron chi connectivity index (χ1n) is 8.14. The molecule has 0 spiro atoms. The van der Waals surface area contributed by atoms with Crippen LogP contribution in [0.5, 0.6) is 5.88 Å². The number of ether oxygens (including phenoxy) is 1. The van der Waals surface area contributed by atoms with Crippen molar-refractivity contribution < 1.29 is 9.53 Å². The number of hydrogen-bond donors (Lipinski definition) is 1. The van der Waals surface area contributed by atoms with Gasteiger partial charge in [-0.25, -0.2) is 4.98 Å². The monoisotopic (exact) mass is 327 g/mol. The smallest absolute Gasteiger partial charge is 0.252 e. The Bertz CT molecular complexity index is 687. The molecule has 0 aliphatic carbocycles. The summed E-state index contributed by atoms with van der Waals surface area (Å²) in [6.07, 6.45) is 5.56. The van der Waals surface area contributed by atoms with E-state index in [9.17, 15) is 4.79 Å². The van der Waals surface area contributed by atoms with Crippen LogP contribution in [0.2, 0.25) is 0 Å². The topological polar surface area (TPSA) is 80.2 Å². The highest BCUT2D eigenvalue weighted by molar-refractivity contribution is 5.93. The lowest BCUT2D eigenvalue weighted by molar-refractivity contribution is 0.0946. The number of amides is 1. The predicted octanol–water partition coefficient (Wildman–Crippen LogP) is 1.59. The van der Waals surface area contributed by atoms with Crippen molar-refractivity contribution in [2.75, 3.05) is 31.1 Å². The van der Waals surface area contributed by atoms with Gasteiger partial charge in [-0.1, -0.05) is 0 Å². The van der Waals surface area contributed by atoms with Crippen LogP contribution >= 0.6 is 0 Å². The third kappa shape index (κ3) is 4.18. The highest BCUT2D eigenvalue weighted by Crippen LogP contribution is 2.21. The summed E-state index contributed by atoms with van der Waals surface area (Å²) >= 11 is 0. The van der Waals surface area contributed by atoms with Crippen LogP contribution in [0.1, 0.15) is 29.0 Å². The molecule has 126 valence electrons. The van der Waals surface area contributed by atoms with Crippen LogP contribution < -0.4 is 15.0 Å². The lowest BCUT2D eigenvalue weighted by Crippen LogP contribution is -2.28. The van der Waals surface area contributed by atoms with Crippen LogP contribution in [0.3, 0.4) is 0 Å². The highest BCUT2D eigenvalue weighted by Gasteiger charge is 2.15. The Kier molecular flexibility index (Phi) is 5.20. The Balaban J connectivity index is 1.50. The van der Waals surface area contributed by atoms with Crippen molar-refractivity contribution in [3.63, 3.8) is 0 Å². The lowest BCUT2D eigenvalue weighted by atomic mass is 10.3. The zero-order chi connectivity index (χ0) is 16.8. The molecule has 0 radical (unpaired) electrons. The Morgan fingerprint density at radius 3 is 2.92 bits per heavy atom. The van der Waals surface area contributed by atoms with Crippen molar-refractivity contribution in [1.29, 1.82) is 0 Å². The van der Waals surface area contributed by atoms with E-state index in [-0.39, 0.29) is 5.91 Å². The number of anilines is 1. The summed E-state index contributed by atoms with van der Waals surface area (Å²) in [7, 11) is 0. The molecule has 0 unspecified atom stereocenters. The second-order valence-corrected chi connectivity index (χ2v) is 5.65. The first-order valence-corrected chi connectivity index (χ1v) is 8.14. The number of aryl methyl sites for hydroxylation is 1. The largest absolute Gasteiger partial charge is 0.476 e. The maximum atomic E-state index is 11.9. The van der Waals surface area contributed by atoms with E-state index < -0.39 is 0 Å². The summed E-state index contributed by atoms with van der Waals surface area (Å²) in [5.41, 5.74) is 0.534. The second-order valence-electron chi connectivity index (χ2n) is 5.65. The number of aromatic nitrogens is 3. The molecule has 2 aromatic rings. The molecule has 3 rings (SSSR count). The van der Waals surface area contributed by atoms with Crippen LogP contribution in [0, 0.1) is 6.92 Å².